The van der Waals surface area contributed by atoms with E-state index in [-0.39, 0.29) is 18.0 Å². The maximum atomic E-state index is 12.8. The molecule has 0 spiro atoms. The zero-order chi connectivity index (χ0) is 17.2. The van der Waals surface area contributed by atoms with E-state index < -0.39 is 27.4 Å². The summed E-state index contributed by atoms with van der Waals surface area (Å²) < 4.78 is 38.4. The lowest BCUT2D eigenvalue weighted by Crippen LogP contribution is -2.08. The van der Waals surface area contributed by atoms with Crippen molar-refractivity contribution < 1.29 is 23.2 Å². The van der Waals surface area contributed by atoms with E-state index in [0.29, 0.717) is 11.6 Å². The minimum Gasteiger partial charge on any atom is -0.392 e. The van der Waals surface area contributed by atoms with Crippen molar-refractivity contribution in [1.82, 2.24) is 4.98 Å². The highest BCUT2D eigenvalue weighted by molar-refractivity contribution is 6.31. The van der Waals surface area contributed by atoms with Gasteiger partial charge in [0.15, 0.2) is 0 Å². The molecule has 0 unspecified atom stereocenters. The van der Waals surface area contributed by atoms with Crippen molar-refractivity contribution in [2.24, 2.45) is 0 Å². The Morgan fingerprint density at radius 3 is 2.57 bits per heavy atom. The van der Waals surface area contributed by atoms with E-state index in [0.717, 1.165) is 6.07 Å². The third kappa shape index (κ3) is 3.88. The van der Waals surface area contributed by atoms with Crippen molar-refractivity contribution >= 4 is 28.7 Å². The molecular formula is C13H9ClF3N3O3. The van der Waals surface area contributed by atoms with Crippen molar-refractivity contribution in [1.29, 1.82) is 0 Å². The van der Waals surface area contributed by atoms with Gasteiger partial charge in [0.25, 0.3) is 5.69 Å². The lowest BCUT2D eigenvalue weighted by atomic mass is 10.1. The molecule has 0 bridgehead atoms. The average Bonchev–Trinajstić information content (AvgIpc) is 2.45. The second-order valence-corrected chi connectivity index (χ2v) is 4.88. The van der Waals surface area contributed by atoms with Gasteiger partial charge in [-0.3, -0.25) is 15.1 Å². The molecule has 0 saturated carbocycles. The van der Waals surface area contributed by atoms with E-state index in [1.165, 1.54) is 18.5 Å². The molecule has 0 atom stereocenters. The second-order valence-electron chi connectivity index (χ2n) is 4.47. The van der Waals surface area contributed by atoms with Crippen LogP contribution >= 0.6 is 11.6 Å². The van der Waals surface area contributed by atoms with Crippen LogP contribution in [0, 0.1) is 10.1 Å². The monoisotopic (exact) mass is 347 g/mol. The van der Waals surface area contributed by atoms with Crippen LogP contribution in [0.3, 0.4) is 0 Å². The topological polar surface area (TPSA) is 88.3 Å². The maximum Gasteiger partial charge on any atom is 0.418 e. The van der Waals surface area contributed by atoms with Gasteiger partial charge in [-0.1, -0.05) is 11.6 Å². The summed E-state index contributed by atoms with van der Waals surface area (Å²) in [5.74, 6) is 0. The SMILES string of the molecule is O=[N+]([O-])c1cc(C(F)(F)F)c(Cl)cc1Nc1cncc(CO)c1. The number of hydrogen-bond acceptors (Lipinski definition) is 5. The molecule has 0 radical (unpaired) electrons. The van der Waals surface area contributed by atoms with Crippen molar-refractivity contribution in [3.63, 3.8) is 0 Å². The van der Waals surface area contributed by atoms with Gasteiger partial charge in [-0.2, -0.15) is 13.2 Å². The van der Waals surface area contributed by atoms with Gasteiger partial charge < -0.3 is 10.4 Å². The van der Waals surface area contributed by atoms with Crippen molar-refractivity contribution in [2.45, 2.75) is 12.8 Å². The smallest absolute Gasteiger partial charge is 0.392 e. The molecule has 0 aliphatic carbocycles. The average molecular weight is 348 g/mol. The molecule has 10 heteroatoms. The summed E-state index contributed by atoms with van der Waals surface area (Å²) in [5, 5.41) is 22.0. The van der Waals surface area contributed by atoms with Crippen molar-refractivity contribution in [2.75, 3.05) is 5.32 Å². The first-order chi connectivity index (χ1) is 10.7. The standard InChI is InChI=1S/C13H9ClF3N3O3/c14-10-3-11(19-8-1-7(6-21)4-18-5-8)12(20(22)23)2-9(10)13(15,16)17/h1-5,19,21H,6H2. The Labute approximate surface area is 132 Å². The summed E-state index contributed by atoms with van der Waals surface area (Å²) in [6.07, 6.45) is -2.13. The lowest BCUT2D eigenvalue weighted by Gasteiger charge is -2.12. The predicted octanol–water partition coefficient (Wildman–Crippen LogP) is 3.90. The number of rotatable bonds is 4. The van der Waals surface area contributed by atoms with E-state index in [4.69, 9.17) is 16.7 Å². The quantitative estimate of drug-likeness (QED) is 0.647. The van der Waals surface area contributed by atoms with Gasteiger partial charge >= 0.3 is 6.18 Å². The number of nitrogens with one attached hydrogen (secondary N) is 1. The van der Waals surface area contributed by atoms with Gasteiger partial charge in [-0.25, -0.2) is 0 Å². The van der Waals surface area contributed by atoms with Crippen LogP contribution in [0.15, 0.2) is 30.6 Å². The van der Waals surface area contributed by atoms with Crippen LogP contribution in [0.1, 0.15) is 11.1 Å². The second kappa shape index (κ2) is 6.39. The van der Waals surface area contributed by atoms with Gasteiger partial charge in [0.2, 0.25) is 0 Å². The van der Waals surface area contributed by atoms with Crippen LogP contribution < -0.4 is 5.32 Å². The predicted molar refractivity (Wildman–Crippen MR) is 76.6 cm³/mol. The van der Waals surface area contributed by atoms with Gasteiger partial charge in [-0.15, -0.1) is 0 Å². The Morgan fingerprint density at radius 1 is 1.30 bits per heavy atom. The Bertz CT molecular complexity index is 753. The number of nitro groups is 1. The highest BCUT2D eigenvalue weighted by Crippen LogP contribution is 2.40. The van der Waals surface area contributed by atoms with Crippen LogP contribution in [0.4, 0.5) is 30.2 Å². The summed E-state index contributed by atoms with van der Waals surface area (Å²) in [4.78, 5) is 13.9. The van der Waals surface area contributed by atoms with Crippen LogP contribution in [0.2, 0.25) is 5.02 Å². The Hall–Kier alpha value is -2.39. The van der Waals surface area contributed by atoms with Crippen molar-refractivity contribution in [3.8, 4) is 0 Å². The molecule has 0 fully saturated rings. The minimum absolute atomic E-state index is 0.218. The number of aliphatic hydroxyl groups is 1. The van der Waals surface area contributed by atoms with Gasteiger partial charge in [-0.05, 0) is 17.7 Å². The molecule has 2 N–H and O–H groups in total. The number of benzene rings is 1. The fourth-order valence-electron chi connectivity index (χ4n) is 1.83. The van der Waals surface area contributed by atoms with Gasteiger partial charge in [0, 0.05) is 12.3 Å². The highest BCUT2D eigenvalue weighted by Gasteiger charge is 2.36. The fraction of sp³-hybridized carbons (Fsp3) is 0.154. The number of alkyl halides is 3. The van der Waals surface area contributed by atoms with E-state index in [1.807, 2.05) is 0 Å². The largest absolute Gasteiger partial charge is 0.418 e. The van der Waals surface area contributed by atoms with Gasteiger partial charge in [0.1, 0.15) is 5.69 Å². The summed E-state index contributed by atoms with van der Waals surface area (Å²) >= 11 is 5.58. The fourth-order valence-corrected chi connectivity index (χ4v) is 2.10. The van der Waals surface area contributed by atoms with E-state index >= 15 is 0 Å². The number of anilines is 2. The van der Waals surface area contributed by atoms with Crippen molar-refractivity contribution in [3.05, 3.63) is 56.9 Å². The zero-order valence-electron chi connectivity index (χ0n) is 11.3. The molecule has 0 aliphatic heterocycles. The number of nitro benzene ring substituents is 1. The molecule has 2 rings (SSSR count). The molecular weight excluding hydrogens is 339 g/mol. The molecule has 1 heterocycles. The Morgan fingerprint density at radius 2 is 2.00 bits per heavy atom. The summed E-state index contributed by atoms with van der Waals surface area (Å²) in [5.41, 5.74) is -1.61. The zero-order valence-corrected chi connectivity index (χ0v) is 12.0. The molecule has 6 nitrogen and oxygen atoms in total. The molecule has 1 aromatic heterocycles. The number of aromatic nitrogens is 1. The number of halogens is 4. The van der Waals surface area contributed by atoms with Gasteiger partial charge in [0.05, 0.1) is 34.0 Å². The first-order valence-corrected chi connectivity index (χ1v) is 6.47. The molecule has 0 aliphatic rings. The Kier molecular flexibility index (Phi) is 4.71. The van der Waals surface area contributed by atoms with Crippen LogP contribution in [0.25, 0.3) is 0 Å². The first kappa shape index (κ1) is 17.0. The third-order valence-corrected chi connectivity index (χ3v) is 3.16. The number of pyridine rings is 1. The summed E-state index contributed by atoms with van der Waals surface area (Å²) in [6, 6.07) is 2.64. The lowest BCUT2D eigenvalue weighted by molar-refractivity contribution is -0.384. The summed E-state index contributed by atoms with van der Waals surface area (Å²) in [7, 11) is 0. The molecule has 2 aromatic rings. The van der Waals surface area contributed by atoms with Crippen LogP contribution in [-0.4, -0.2) is 15.0 Å². The summed E-state index contributed by atoms with van der Waals surface area (Å²) in [6.45, 7) is -0.307. The Balaban J connectivity index is 2.49. The highest BCUT2D eigenvalue weighted by atomic mass is 35.5. The van der Waals surface area contributed by atoms with E-state index in [9.17, 15) is 23.3 Å². The maximum absolute atomic E-state index is 12.8. The normalized spacial score (nSPS) is 11.3. The molecule has 0 amide bonds. The molecule has 122 valence electrons. The van der Waals surface area contributed by atoms with E-state index in [2.05, 4.69) is 10.3 Å². The number of hydrogen-bond donors (Lipinski definition) is 2. The molecule has 0 saturated heterocycles. The van der Waals surface area contributed by atoms with Crippen LogP contribution in [-0.2, 0) is 12.8 Å². The third-order valence-electron chi connectivity index (χ3n) is 2.84. The number of aliphatic hydroxyl groups excluding tert-OH is 1. The molecule has 23 heavy (non-hydrogen) atoms. The first-order valence-electron chi connectivity index (χ1n) is 6.09. The van der Waals surface area contributed by atoms with E-state index in [1.54, 1.807) is 0 Å². The van der Waals surface area contributed by atoms with Crippen LogP contribution in [0.5, 0.6) is 0 Å². The number of nitrogens with zero attached hydrogens (tertiary/aromatic N) is 2. The molecule has 1 aromatic carbocycles. The minimum atomic E-state index is -4.81.